The van der Waals surface area contributed by atoms with E-state index in [0.29, 0.717) is 6.04 Å². The van der Waals surface area contributed by atoms with Gasteiger partial charge in [-0.3, -0.25) is 9.48 Å². The lowest BCUT2D eigenvalue weighted by molar-refractivity contribution is 0.0703. The highest BCUT2D eigenvalue weighted by molar-refractivity contribution is 5.94. The van der Waals surface area contributed by atoms with Crippen molar-refractivity contribution in [2.45, 2.75) is 39.3 Å². The predicted octanol–water partition coefficient (Wildman–Crippen LogP) is 2.79. The Labute approximate surface area is 155 Å². The molecule has 25 heavy (non-hydrogen) atoms. The van der Waals surface area contributed by atoms with Crippen LogP contribution in [0.25, 0.3) is 0 Å². The summed E-state index contributed by atoms with van der Waals surface area (Å²) in [6, 6.07) is 10.3. The van der Waals surface area contributed by atoms with Crippen LogP contribution in [0.5, 0.6) is 0 Å². The van der Waals surface area contributed by atoms with E-state index in [1.807, 2.05) is 47.8 Å². The number of nitrogens with one attached hydrogen (secondary N) is 1. The van der Waals surface area contributed by atoms with Crippen LogP contribution in [0, 0.1) is 13.8 Å². The van der Waals surface area contributed by atoms with Gasteiger partial charge in [0.2, 0.25) is 0 Å². The molecule has 1 N–H and O–H groups in total. The summed E-state index contributed by atoms with van der Waals surface area (Å²) in [4.78, 5) is 14.6. The number of nitrogens with zero attached hydrogens (tertiary/aromatic N) is 3. The Bertz CT molecular complexity index is 705. The third-order valence-electron chi connectivity index (χ3n) is 4.81. The molecule has 2 aromatic rings. The number of carbonyl (C=O) groups excluding carboxylic acids is 1. The highest BCUT2D eigenvalue weighted by Crippen LogP contribution is 2.15. The Morgan fingerprint density at radius 2 is 1.88 bits per heavy atom. The number of hydrogen-bond acceptors (Lipinski definition) is 3. The molecule has 1 amide bonds. The van der Waals surface area contributed by atoms with Crippen molar-refractivity contribution < 1.29 is 4.79 Å². The van der Waals surface area contributed by atoms with Crippen LogP contribution in [0.4, 0.5) is 0 Å². The molecule has 0 saturated carbocycles. The molecule has 1 fully saturated rings. The van der Waals surface area contributed by atoms with E-state index in [2.05, 4.69) is 23.4 Å². The Hall–Kier alpha value is -1.85. The Balaban J connectivity index is 0.00000225. The summed E-state index contributed by atoms with van der Waals surface area (Å²) < 4.78 is 1.99. The van der Waals surface area contributed by atoms with Crippen LogP contribution in [0.1, 0.15) is 40.2 Å². The minimum absolute atomic E-state index is 0. The maximum absolute atomic E-state index is 12.7. The van der Waals surface area contributed by atoms with E-state index in [0.717, 1.165) is 55.0 Å². The SMILES string of the molecule is Cc1cc(C)n(Cc2ccc(C(=O)N(C)C3CCNCC3)cc2)n1.Cl. The molecule has 3 rings (SSSR count). The van der Waals surface area contributed by atoms with Crippen molar-refractivity contribution in [3.05, 3.63) is 52.8 Å². The lowest BCUT2D eigenvalue weighted by Crippen LogP contribution is -2.43. The molecule has 1 aliphatic heterocycles. The molecule has 1 aliphatic rings. The van der Waals surface area contributed by atoms with E-state index in [4.69, 9.17) is 0 Å². The number of aromatic nitrogens is 2. The molecule has 0 atom stereocenters. The summed E-state index contributed by atoms with van der Waals surface area (Å²) in [6.45, 7) is 6.78. The molecule has 5 nitrogen and oxygen atoms in total. The largest absolute Gasteiger partial charge is 0.339 e. The number of benzene rings is 1. The number of halogens is 1. The topological polar surface area (TPSA) is 50.2 Å². The van der Waals surface area contributed by atoms with Gasteiger partial charge in [-0.2, -0.15) is 5.10 Å². The van der Waals surface area contributed by atoms with Crippen molar-refractivity contribution in [1.29, 1.82) is 0 Å². The fourth-order valence-electron chi connectivity index (χ4n) is 3.32. The minimum atomic E-state index is 0. The molecule has 6 heteroatoms. The van der Waals surface area contributed by atoms with Gasteiger partial charge in [0.05, 0.1) is 12.2 Å². The van der Waals surface area contributed by atoms with Crippen LogP contribution in [0.2, 0.25) is 0 Å². The fraction of sp³-hybridized carbons (Fsp3) is 0.474. The van der Waals surface area contributed by atoms with Crippen molar-refractivity contribution in [3.63, 3.8) is 0 Å². The number of carbonyl (C=O) groups is 1. The molecule has 0 radical (unpaired) electrons. The summed E-state index contributed by atoms with van der Waals surface area (Å²) in [7, 11) is 1.92. The summed E-state index contributed by atoms with van der Waals surface area (Å²) in [5, 5.41) is 7.83. The Kier molecular flexibility index (Phi) is 6.62. The average molecular weight is 363 g/mol. The predicted molar refractivity (Wildman–Crippen MR) is 102 cm³/mol. The number of aryl methyl sites for hydroxylation is 2. The number of rotatable bonds is 4. The zero-order valence-electron chi connectivity index (χ0n) is 15.2. The van der Waals surface area contributed by atoms with Gasteiger partial charge < -0.3 is 10.2 Å². The van der Waals surface area contributed by atoms with Gasteiger partial charge in [0.25, 0.3) is 5.91 Å². The van der Waals surface area contributed by atoms with Gasteiger partial charge in [-0.05, 0) is 63.5 Å². The molecule has 1 aromatic carbocycles. The highest BCUT2D eigenvalue weighted by Gasteiger charge is 2.22. The molecule has 136 valence electrons. The molecule has 1 saturated heterocycles. The lowest BCUT2D eigenvalue weighted by Gasteiger charge is -2.31. The van der Waals surface area contributed by atoms with Gasteiger partial charge in [0.1, 0.15) is 0 Å². The standard InChI is InChI=1S/C19H26N4O.ClH/c1-14-12-15(2)23(21-14)13-16-4-6-17(7-5-16)19(24)22(3)18-8-10-20-11-9-18;/h4-7,12,18,20H,8-11,13H2,1-3H3;1H. The normalized spacial score (nSPS) is 14.8. The summed E-state index contributed by atoms with van der Waals surface area (Å²) in [6.07, 6.45) is 2.05. The monoisotopic (exact) mass is 362 g/mol. The molecule has 0 unspecified atom stereocenters. The maximum Gasteiger partial charge on any atom is 0.253 e. The second-order valence-electron chi connectivity index (χ2n) is 6.68. The van der Waals surface area contributed by atoms with E-state index in [-0.39, 0.29) is 18.3 Å². The zero-order valence-corrected chi connectivity index (χ0v) is 16.0. The third-order valence-corrected chi connectivity index (χ3v) is 4.81. The maximum atomic E-state index is 12.7. The number of piperidine rings is 1. The first-order valence-corrected chi connectivity index (χ1v) is 8.62. The third kappa shape index (κ3) is 4.61. The molecule has 2 heterocycles. The molecule has 0 aliphatic carbocycles. The molecule has 0 spiro atoms. The summed E-state index contributed by atoms with van der Waals surface area (Å²) in [5.74, 6) is 0.111. The molecule has 1 aromatic heterocycles. The number of hydrogen-bond donors (Lipinski definition) is 1. The van der Waals surface area contributed by atoms with E-state index in [1.165, 1.54) is 0 Å². The summed E-state index contributed by atoms with van der Waals surface area (Å²) >= 11 is 0. The number of amides is 1. The van der Waals surface area contributed by atoms with Crippen molar-refractivity contribution in [2.75, 3.05) is 20.1 Å². The first-order valence-electron chi connectivity index (χ1n) is 8.62. The zero-order chi connectivity index (χ0) is 17.1. The first kappa shape index (κ1) is 19.5. The molecular formula is C19H27ClN4O. The van der Waals surface area contributed by atoms with Crippen LogP contribution >= 0.6 is 12.4 Å². The van der Waals surface area contributed by atoms with Gasteiger partial charge in [-0.25, -0.2) is 0 Å². The Morgan fingerprint density at radius 1 is 1.24 bits per heavy atom. The van der Waals surface area contributed by atoms with E-state index in [1.54, 1.807) is 0 Å². The van der Waals surface area contributed by atoms with Gasteiger partial charge in [-0.1, -0.05) is 12.1 Å². The van der Waals surface area contributed by atoms with Crippen LogP contribution in [0.3, 0.4) is 0 Å². The average Bonchev–Trinajstić information content (AvgIpc) is 2.92. The van der Waals surface area contributed by atoms with Crippen molar-refractivity contribution in [3.8, 4) is 0 Å². The van der Waals surface area contributed by atoms with Gasteiger partial charge in [-0.15, -0.1) is 12.4 Å². The minimum Gasteiger partial charge on any atom is -0.339 e. The summed E-state index contributed by atoms with van der Waals surface area (Å²) in [5.41, 5.74) is 4.09. The molecular weight excluding hydrogens is 336 g/mol. The van der Waals surface area contributed by atoms with E-state index >= 15 is 0 Å². The van der Waals surface area contributed by atoms with Gasteiger partial charge >= 0.3 is 0 Å². The van der Waals surface area contributed by atoms with Crippen molar-refractivity contribution >= 4 is 18.3 Å². The van der Waals surface area contributed by atoms with Crippen LogP contribution in [-0.2, 0) is 6.54 Å². The van der Waals surface area contributed by atoms with Crippen molar-refractivity contribution in [1.82, 2.24) is 20.0 Å². The molecule has 0 bridgehead atoms. The Morgan fingerprint density at radius 3 is 2.44 bits per heavy atom. The van der Waals surface area contributed by atoms with Gasteiger partial charge in [0, 0.05) is 24.3 Å². The second-order valence-corrected chi connectivity index (χ2v) is 6.68. The highest BCUT2D eigenvalue weighted by atomic mass is 35.5. The van der Waals surface area contributed by atoms with Crippen molar-refractivity contribution in [2.24, 2.45) is 0 Å². The lowest BCUT2D eigenvalue weighted by atomic mass is 10.0. The smallest absolute Gasteiger partial charge is 0.253 e. The fourth-order valence-corrected chi connectivity index (χ4v) is 3.32. The van der Waals surface area contributed by atoms with Gasteiger partial charge in [0.15, 0.2) is 0 Å². The quantitative estimate of drug-likeness (QED) is 0.909. The first-order chi connectivity index (χ1) is 11.5. The second kappa shape index (κ2) is 8.50. The van der Waals surface area contributed by atoms with Crippen LogP contribution in [-0.4, -0.2) is 46.8 Å². The van der Waals surface area contributed by atoms with Crippen LogP contribution in [0.15, 0.2) is 30.3 Å². The van der Waals surface area contributed by atoms with Crippen LogP contribution < -0.4 is 5.32 Å². The van der Waals surface area contributed by atoms with E-state index in [9.17, 15) is 4.79 Å². The van der Waals surface area contributed by atoms with E-state index < -0.39 is 0 Å².